The molecule has 1 aliphatic carbocycles. The van der Waals surface area contributed by atoms with Gasteiger partial charge in [0.05, 0.1) is 0 Å². The predicted molar refractivity (Wildman–Crippen MR) is 75.7 cm³/mol. The van der Waals surface area contributed by atoms with E-state index in [0.717, 1.165) is 6.42 Å². The third kappa shape index (κ3) is 3.56. The molecule has 3 atom stereocenters. The summed E-state index contributed by atoms with van der Waals surface area (Å²) >= 11 is 0. The highest BCUT2D eigenvalue weighted by molar-refractivity contribution is 5.22. The van der Waals surface area contributed by atoms with Crippen LogP contribution in [0, 0.1) is 0 Å². The second-order valence-corrected chi connectivity index (χ2v) is 5.49. The Kier molecular flexibility index (Phi) is 5.21. The summed E-state index contributed by atoms with van der Waals surface area (Å²) in [5.41, 5.74) is 1.46. The third-order valence-electron chi connectivity index (χ3n) is 4.05. The first kappa shape index (κ1) is 13.6. The standard InChI is InChI=1S/C16H25NO/c1-13(11-12-18)17-16-10-6-5-9-15(16)14-7-3-2-4-8-14/h2-4,7-8,13,15-18H,5-6,9-12H2,1H3. The molecule has 0 amide bonds. The van der Waals surface area contributed by atoms with Crippen LogP contribution in [-0.2, 0) is 0 Å². The third-order valence-corrected chi connectivity index (χ3v) is 4.05. The van der Waals surface area contributed by atoms with Crippen LogP contribution >= 0.6 is 0 Å². The Bertz CT molecular complexity index is 338. The van der Waals surface area contributed by atoms with Gasteiger partial charge in [-0.05, 0) is 37.7 Å². The first-order chi connectivity index (χ1) is 8.81. The molecular weight excluding hydrogens is 222 g/mol. The maximum Gasteiger partial charge on any atom is 0.0445 e. The van der Waals surface area contributed by atoms with Gasteiger partial charge in [-0.2, -0.15) is 0 Å². The van der Waals surface area contributed by atoms with E-state index in [1.807, 2.05) is 0 Å². The van der Waals surface area contributed by atoms with Crippen molar-refractivity contribution < 1.29 is 5.11 Å². The van der Waals surface area contributed by atoms with E-state index in [2.05, 4.69) is 42.6 Å². The molecule has 2 N–H and O–H groups in total. The minimum Gasteiger partial charge on any atom is -0.396 e. The summed E-state index contributed by atoms with van der Waals surface area (Å²) in [4.78, 5) is 0. The Morgan fingerprint density at radius 2 is 1.94 bits per heavy atom. The first-order valence-electron chi connectivity index (χ1n) is 7.23. The molecule has 1 aliphatic rings. The number of benzene rings is 1. The Labute approximate surface area is 110 Å². The van der Waals surface area contributed by atoms with Crippen LogP contribution in [0.5, 0.6) is 0 Å². The van der Waals surface area contributed by atoms with Crippen molar-refractivity contribution in [2.45, 2.75) is 57.0 Å². The lowest BCUT2D eigenvalue weighted by Crippen LogP contribution is -2.42. The molecule has 0 heterocycles. The van der Waals surface area contributed by atoms with Crippen LogP contribution in [0.15, 0.2) is 30.3 Å². The van der Waals surface area contributed by atoms with Gasteiger partial charge in [0.25, 0.3) is 0 Å². The van der Waals surface area contributed by atoms with Gasteiger partial charge in [-0.25, -0.2) is 0 Å². The summed E-state index contributed by atoms with van der Waals surface area (Å²) in [6, 6.07) is 11.8. The van der Waals surface area contributed by atoms with Crippen molar-refractivity contribution in [3.63, 3.8) is 0 Å². The molecule has 1 aromatic carbocycles. The van der Waals surface area contributed by atoms with Gasteiger partial charge in [-0.1, -0.05) is 43.2 Å². The SMILES string of the molecule is CC(CCO)NC1CCCCC1c1ccccc1. The molecule has 0 spiro atoms. The van der Waals surface area contributed by atoms with Crippen LogP contribution in [0.25, 0.3) is 0 Å². The lowest BCUT2D eigenvalue weighted by Gasteiger charge is -2.34. The lowest BCUT2D eigenvalue weighted by atomic mass is 9.79. The predicted octanol–water partition coefficient (Wildman–Crippen LogP) is 3.07. The zero-order valence-electron chi connectivity index (χ0n) is 11.3. The summed E-state index contributed by atoms with van der Waals surface area (Å²) < 4.78 is 0. The number of nitrogens with one attached hydrogen (secondary N) is 1. The number of hydrogen-bond acceptors (Lipinski definition) is 2. The van der Waals surface area contributed by atoms with E-state index >= 15 is 0 Å². The van der Waals surface area contributed by atoms with Gasteiger partial charge >= 0.3 is 0 Å². The van der Waals surface area contributed by atoms with Gasteiger partial charge in [0, 0.05) is 18.7 Å². The fraction of sp³-hybridized carbons (Fsp3) is 0.625. The highest BCUT2D eigenvalue weighted by atomic mass is 16.3. The van der Waals surface area contributed by atoms with Crippen LogP contribution < -0.4 is 5.32 Å². The molecule has 0 aliphatic heterocycles. The lowest BCUT2D eigenvalue weighted by molar-refractivity contribution is 0.244. The summed E-state index contributed by atoms with van der Waals surface area (Å²) in [6.07, 6.45) is 6.06. The average Bonchev–Trinajstić information content (AvgIpc) is 2.40. The van der Waals surface area contributed by atoms with Gasteiger partial charge in [0.15, 0.2) is 0 Å². The quantitative estimate of drug-likeness (QED) is 0.838. The monoisotopic (exact) mass is 247 g/mol. The van der Waals surface area contributed by atoms with E-state index in [0.29, 0.717) is 18.0 Å². The molecule has 100 valence electrons. The molecular formula is C16H25NO. The van der Waals surface area contributed by atoms with Crippen LogP contribution in [0.3, 0.4) is 0 Å². The molecule has 0 saturated heterocycles. The van der Waals surface area contributed by atoms with Crippen molar-refractivity contribution in [3.8, 4) is 0 Å². The Balaban J connectivity index is 2.02. The molecule has 2 nitrogen and oxygen atoms in total. The number of rotatable bonds is 5. The summed E-state index contributed by atoms with van der Waals surface area (Å²) in [5.74, 6) is 0.640. The molecule has 2 rings (SSSR count). The second kappa shape index (κ2) is 6.91. The fourth-order valence-corrected chi connectivity index (χ4v) is 3.07. The van der Waals surface area contributed by atoms with Gasteiger partial charge in [0.1, 0.15) is 0 Å². The van der Waals surface area contributed by atoms with E-state index in [-0.39, 0.29) is 6.61 Å². The molecule has 3 unspecified atom stereocenters. The van der Waals surface area contributed by atoms with E-state index in [9.17, 15) is 0 Å². The van der Waals surface area contributed by atoms with Gasteiger partial charge in [-0.15, -0.1) is 0 Å². The van der Waals surface area contributed by atoms with E-state index < -0.39 is 0 Å². The fourth-order valence-electron chi connectivity index (χ4n) is 3.07. The largest absolute Gasteiger partial charge is 0.396 e. The van der Waals surface area contributed by atoms with Gasteiger partial charge < -0.3 is 10.4 Å². The maximum atomic E-state index is 9.01. The molecule has 0 bridgehead atoms. The minimum absolute atomic E-state index is 0.275. The van der Waals surface area contributed by atoms with Crippen molar-refractivity contribution in [2.75, 3.05) is 6.61 Å². The Hall–Kier alpha value is -0.860. The molecule has 0 radical (unpaired) electrons. The second-order valence-electron chi connectivity index (χ2n) is 5.49. The van der Waals surface area contributed by atoms with Crippen LogP contribution in [0.1, 0.15) is 50.5 Å². The summed E-state index contributed by atoms with van der Waals surface area (Å²) in [6.45, 7) is 2.45. The zero-order chi connectivity index (χ0) is 12.8. The smallest absolute Gasteiger partial charge is 0.0445 e. The van der Waals surface area contributed by atoms with Crippen LogP contribution in [-0.4, -0.2) is 23.8 Å². The van der Waals surface area contributed by atoms with Crippen LogP contribution in [0.4, 0.5) is 0 Å². The van der Waals surface area contributed by atoms with Crippen molar-refractivity contribution in [2.24, 2.45) is 0 Å². The molecule has 0 aromatic heterocycles. The van der Waals surface area contributed by atoms with E-state index in [1.165, 1.54) is 31.2 Å². The number of aliphatic hydroxyl groups excluding tert-OH is 1. The van der Waals surface area contributed by atoms with Gasteiger partial charge in [0.2, 0.25) is 0 Å². The molecule has 1 saturated carbocycles. The van der Waals surface area contributed by atoms with E-state index in [1.54, 1.807) is 0 Å². The van der Waals surface area contributed by atoms with E-state index in [4.69, 9.17) is 5.11 Å². The maximum absolute atomic E-state index is 9.01. The van der Waals surface area contributed by atoms with Gasteiger partial charge in [-0.3, -0.25) is 0 Å². The topological polar surface area (TPSA) is 32.3 Å². The minimum atomic E-state index is 0.275. The first-order valence-corrected chi connectivity index (χ1v) is 7.23. The number of aliphatic hydroxyl groups is 1. The number of hydrogen-bond donors (Lipinski definition) is 2. The Morgan fingerprint density at radius 3 is 2.67 bits per heavy atom. The molecule has 2 heteroatoms. The van der Waals surface area contributed by atoms with Crippen molar-refractivity contribution in [1.82, 2.24) is 5.32 Å². The zero-order valence-corrected chi connectivity index (χ0v) is 11.3. The van der Waals surface area contributed by atoms with Crippen molar-refractivity contribution >= 4 is 0 Å². The van der Waals surface area contributed by atoms with Crippen molar-refractivity contribution in [3.05, 3.63) is 35.9 Å². The highest BCUT2D eigenvalue weighted by Crippen LogP contribution is 2.33. The average molecular weight is 247 g/mol. The Morgan fingerprint density at radius 1 is 1.22 bits per heavy atom. The molecule has 1 fully saturated rings. The highest BCUT2D eigenvalue weighted by Gasteiger charge is 2.26. The van der Waals surface area contributed by atoms with Crippen LogP contribution in [0.2, 0.25) is 0 Å². The summed E-state index contributed by atoms with van der Waals surface area (Å²) in [5, 5.41) is 12.7. The normalized spacial score (nSPS) is 25.9. The van der Waals surface area contributed by atoms with Crippen molar-refractivity contribution in [1.29, 1.82) is 0 Å². The molecule has 1 aromatic rings. The molecule has 18 heavy (non-hydrogen) atoms. The summed E-state index contributed by atoms with van der Waals surface area (Å²) in [7, 11) is 0.